The fraction of sp³-hybridized carbons (Fsp3) is 0.692. The van der Waals surface area contributed by atoms with E-state index in [-0.39, 0.29) is 18.6 Å². The van der Waals surface area contributed by atoms with E-state index in [1.807, 2.05) is 0 Å². The van der Waals surface area contributed by atoms with Crippen LogP contribution in [0.2, 0.25) is 0 Å². The van der Waals surface area contributed by atoms with Crippen molar-refractivity contribution in [2.75, 3.05) is 0 Å². The summed E-state index contributed by atoms with van der Waals surface area (Å²) in [5, 5.41) is 10.1. The third-order valence-electron chi connectivity index (χ3n) is 4.15. The van der Waals surface area contributed by atoms with Crippen molar-refractivity contribution >= 4 is 11.7 Å². The molecule has 1 amide bonds. The first-order chi connectivity index (χ1) is 9.33. The van der Waals surface area contributed by atoms with E-state index in [1.54, 1.807) is 6.92 Å². The molecule has 0 spiro atoms. The maximum atomic E-state index is 13.3. The van der Waals surface area contributed by atoms with Crippen molar-refractivity contribution in [2.45, 2.75) is 51.0 Å². The molecular formula is C13H17F2NO4. The smallest absolute Gasteiger partial charge is 0.267 e. The summed E-state index contributed by atoms with van der Waals surface area (Å²) in [6, 6.07) is 0. The van der Waals surface area contributed by atoms with E-state index in [4.69, 9.17) is 4.74 Å². The van der Waals surface area contributed by atoms with E-state index in [0.717, 1.165) is 4.90 Å². The van der Waals surface area contributed by atoms with Gasteiger partial charge in [0, 0.05) is 12.1 Å². The predicted molar refractivity (Wildman–Crippen MR) is 64.7 cm³/mol. The highest BCUT2D eigenvalue weighted by atomic mass is 19.3. The number of ketones is 1. The average molecular weight is 289 g/mol. The Labute approximate surface area is 115 Å². The highest BCUT2D eigenvalue weighted by molar-refractivity contribution is 6.06. The number of hydrogen-bond donors (Lipinski definition) is 1. The second-order valence-electron chi connectivity index (χ2n) is 5.16. The summed E-state index contributed by atoms with van der Waals surface area (Å²) < 4.78 is 32.0. The monoisotopic (exact) mass is 289 g/mol. The van der Waals surface area contributed by atoms with Crippen molar-refractivity contribution in [1.29, 1.82) is 0 Å². The van der Waals surface area contributed by atoms with E-state index in [0.29, 0.717) is 0 Å². The van der Waals surface area contributed by atoms with Gasteiger partial charge in [0.15, 0.2) is 12.0 Å². The van der Waals surface area contributed by atoms with Crippen LogP contribution in [0.25, 0.3) is 0 Å². The van der Waals surface area contributed by atoms with Gasteiger partial charge < -0.3 is 9.84 Å². The maximum Gasteiger partial charge on any atom is 0.267 e. The molecule has 0 aromatic heterocycles. The number of hydrogen-bond acceptors (Lipinski definition) is 4. The van der Waals surface area contributed by atoms with Crippen molar-refractivity contribution in [3.05, 3.63) is 12.3 Å². The van der Waals surface area contributed by atoms with Crippen LogP contribution in [0.4, 0.5) is 8.78 Å². The van der Waals surface area contributed by atoms with Gasteiger partial charge in [-0.3, -0.25) is 14.5 Å². The summed E-state index contributed by atoms with van der Waals surface area (Å²) in [6.45, 7) is 3.03. The first-order valence-corrected chi connectivity index (χ1v) is 6.49. The molecule has 0 unspecified atom stereocenters. The Bertz CT molecular complexity index is 454. The number of ether oxygens (including phenoxy) is 1. The molecule has 2 rings (SSSR count). The largest absolute Gasteiger partial charge is 0.388 e. The Balaban J connectivity index is 2.29. The van der Waals surface area contributed by atoms with Crippen LogP contribution in [-0.2, 0) is 14.3 Å². The SMILES string of the molecule is CC[C@@]1(C(F)F)O[C@@H](N2C=CC(=O)CC2=O)[C@H](O)[C@@H]1C. The molecule has 0 aromatic carbocycles. The van der Waals surface area contributed by atoms with E-state index in [9.17, 15) is 23.5 Å². The van der Waals surface area contributed by atoms with Crippen molar-refractivity contribution in [2.24, 2.45) is 5.92 Å². The van der Waals surface area contributed by atoms with Crippen molar-refractivity contribution < 1.29 is 28.2 Å². The van der Waals surface area contributed by atoms with Crippen molar-refractivity contribution in [3.8, 4) is 0 Å². The van der Waals surface area contributed by atoms with Gasteiger partial charge >= 0.3 is 0 Å². The van der Waals surface area contributed by atoms with Crippen LogP contribution < -0.4 is 0 Å². The first-order valence-electron chi connectivity index (χ1n) is 6.49. The molecule has 1 N–H and O–H groups in total. The van der Waals surface area contributed by atoms with E-state index >= 15 is 0 Å². The predicted octanol–water partition coefficient (Wildman–Crippen LogP) is 1.07. The zero-order chi connectivity index (χ0) is 15.1. The lowest BCUT2D eigenvalue weighted by Gasteiger charge is -2.32. The minimum absolute atomic E-state index is 0.0179. The van der Waals surface area contributed by atoms with Crippen LogP contribution in [0.3, 0.4) is 0 Å². The lowest BCUT2D eigenvalue weighted by molar-refractivity contribution is -0.181. The molecule has 2 aliphatic heterocycles. The average Bonchev–Trinajstić information content (AvgIpc) is 2.64. The third kappa shape index (κ3) is 2.14. The molecule has 4 atom stereocenters. The van der Waals surface area contributed by atoms with Gasteiger partial charge in [-0.05, 0) is 12.5 Å². The molecule has 1 saturated heterocycles. The number of alkyl halides is 2. The number of carbonyl (C=O) groups excluding carboxylic acids is 2. The Hall–Kier alpha value is -1.34. The van der Waals surface area contributed by atoms with Gasteiger partial charge in [0.2, 0.25) is 5.91 Å². The summed E-state index contributed by atoms with van der Waals surface area (Å²) >= 11 is 0. The molecule has 2 heterocycles. The van der Waals surface area contributed by atoms with Gasteiger partial charge in [0.05, 0.1) is 6.42 Å². The number of nitrogens with zero attached hydrogens (tertiary/aromatic N) is 1. The van der Waals surface area contributed by atoms with Gasteiger partial charge in [0.1, 0.15) is 11.7 Å². The molecule has 2 aliphatic rings. The normalized spacial score (nSPS) is 38.1. The van der Waals surface area contributed by atoms with Crippen molar-refractivity contribution in [3.63, 3.8) is 0 Å². The van der Waals surface area contributed by atoms with E-state index in [2.05, 4.69) is 0 Å². The molecule has 0 radical (unpaired) electrons. The number of rotatable bonds is 3. The fourth-order valence-corrected chi connectivity index (χ4v) is 2.74. The van der Waals surface area contributed by atoms with Crippen LogP contribution in [0.1, 0.15) is 26.7 Å². The molecular weight excluding hydrogens is 272 g/mol. The molecule has 0 aromatic rings. The van der Waals surface area contributed by atoms with Gasteiger partial charge in [-0.1, -0.05) is 13.8 Å². The minimum Gasteiger partial charge on any atom is -0.388 e. The lowest BCUT2D eigenvalue weighted by Crippen LogP contribution is -2.45. The number of amides is 1. The summed E-state index contributed by atoms with van der Waals surface area (Å²) in [5.41, 5.74) is -1.78. The number of carbonyl (C=O) groups is 2. The molecule has 112 valence electrons. The topological polar surface area (TPSA) is 66.8 Å². The summed E-state index contributed by atoms with van der Waals surface area (Å²) in [7, 11) is 0. The number of allylic oxidation sites excluding steroid dienone is 1. The molecule has 5 nitrogen and oxygen atoms in total. The lowest BCUT2D eigenvalue weighted by atomic mass is 9.85. The van der Waals surface area contributed by atoms with Crippen molar-refractivity contribution in [1.82, 2.24) is 4.90 Å². The second-order valence-corrected chi connectivity index (χ2v) is 5.16. The quantitative estimate of drug-likeness (QED) is 0.789. The Kier molecular flexibility index (Phi) is 3.93. The van der Waals surface area contributed by atoms with Crippen LogP contribution in [0.15, 0.2) is 12.3 Å². The first kappa shape index (κ1) is 15.1. The van der Waals surface area contributed by atoms with Crippen LogP contribution in [0, 0.1) is 5.92 Å². The zero-order valence-electron chi connectivity index (χ0n) is 11.3. The molecule has 0 aliphatic carbocycles. The molecule has 0 saturated carbocycles. The standard InChI is InChI=1S/C13H17F2NO4/c1-3-13(12(14)15)7(2)10(19)11(20-13)16-5-4-8(17)6-9(16)18/h4-5,7,10-12,19H,3,6H2,1-2H3/t7-,10+,11+,13+/m0/s1. The molecule has 7 heteroatoms. The Morgan fingerprint density at radius 2 is 2.20 bits per heavy atom. The highest BCUT2D eigenvalue weighted by Crippen LogP contribution is 2.44. The summed E-state index contributed by atoms with van der Waals surface area (Å²) in [5.74, 6) is -1.74. The summed E-state index contributed by atoms with van der Waals surface area (Å²) in [4.78, 5) is 23.9. The zero-order valence-corrected chi connectivity index (χ0v) is 11.3. The highest BCUT2D eigenvalue weighted by Gasteiger charge is 2.58. The van der Waals surface area contributed by atoms with Gasteiger partial charge in [0.25, 0.3) is 6.43 Å². The summed E-state index contributed by atoms with van der Waals surface area (Å²) in [6.07, 6.45) is -3.15. The molecule has 1 fully saturated rings. The fourth-order valence-electron chi connectivity index (χ4n) is 2.74. The number of halogens is 2. The van der Waals surface area contributed by atoms with Gasteiger partial charge in [-0.2, -0.15) is 0 Å². The Morgan fingerprint density at radius 3 is 2.65 bits per heavy atom. The molecule has 20 heavy (non-hydrogen) atoms. The maximum absolute atomic E-state index is 13.3. The van der Waals surface area contributed by atoms with Gasteiger partial charge in [-0.25, -0.2) is 8.78 Å². The second kappa shape index (κ2) is 5.21. The minimum atomic E-state index is -2.77. The van der Waals surface area contributed by atoms with E-state index in [1.165, 1.54) is 19.2 Å². The molecule has 0 bridgehead atoms. The van der Waals surface area contributed by atoms with Crippen LogP contribution >= 0.6 is 0 Å². The van der Waals surface area contributed by atoms with E-state index < -0.39 is 36.2 Å². The third-order valence-corrected chi connectivity index (χ3v) is 4.15. The number of aliphatic hydroxyl groups is 1. The number of aliphatic hydroxyl groups excluding tert-OH is 1. The van der Waals surface area contributed by atoms with Crippen LogP contribution in [-0.4, -0.2) is 46.1 Å². The Morgan fingerprint density at radius 1 is 1.55 bits per heavy atom. The van der Waals surface area contributed by atoms with Gasteiger partial charge in [-0.15, -0.1) is 0 Å². The van der Waals surface area contributed by atoms with Crippen LogP contribution in [0.5, 0.6) is 0 Å².